The second-order valence-corrected chi connectivity index (χ2v) is 6.37. The van der Waals surface area contributed by atoms with Crippen LogP contribution in [0, 0.1) is 0 Å². The topological polar surface area (TPSA) is 60.9 Å². The molecule has 24 heavy (non-hydrogen) atoms. The average Bonchev–Trinajstić information content (AvgIpc) is 2.70. The molecule has 1 N–H and O–H groups in total. The summed E-state index contributed by atoms with van der Waals surface area (Å²) >= 11 is 5.94. The highest BCUT2D eigenvalue weighted by atomic mass is 35.5. The number of amides is 2. The molecule has 1 aromatic carbocycles. The largest absolute Gasteiger partial charge is 0.396 e. The standard InChI is InChI=1S/C18H23ClN2O3/c1-14-13-20(9-3-11-22)17(23)8-10-21(14)18(24)7-6-15-4-2-5-16(19)12-15/h2,4-7,12,14,22H,3,8-11,13H2,1H3. The van der Waals surface area contributed by atoms with E-state index in [1.54, 1.807) is 28.0 Å². The molecule has 1 unspecified atom stereocenters. The fourth-order valence-corrected chi connectivity index (χ4v) is 2.99. The zero-order chi connectivity index (χ0) is 17.5. The van der Waals surface area contributed by atoms with Gasteiger partial charge in [-0.15, -0.1) is 0 Å². The summed E-state index contributed by atoms with van der Waals surface area (Å²) in [6.07, 6.45) is 4.13. The van der Waals surface area contributed by atoms with E-state index in [2.05, 4.69) is 0 Å². The molecule has 0 spiro atoms. The third kappa shape index (κ3) is 5.08. The Morgan fingerprint density at radius 3 is 2.96 bits per heavy atom. The van der Waals surface area contributed by atoms with Gasteiger partial charge in [0.2, 0.25) is 11.8 Å². The molecule has 0 saturated carbocycles. The molecule has 0 bridgehead atoms. The summed E-state index contributed by atoms with van der Waals surface area (Å²) in [5.74, 6) is -0.0799. The molecule has 5 nitrogen and oxygen atoms in total. The minimum absolute atomic E-state index is 0.0319. The molecule has 1 heterocycles. The van der Waals surface area contributed by atoms with Crippen molar-refractivity contribution in [1.82, 2.24) is 9.80 Å². The second-order valence-electron chi connectivity index (χ2n) is 5.94. The number of benzene rings is 1. The Bertz CT molecular complexity index is 618. The summed E-state index contributed by atoms with van der Waals surface area (Å²) in [6.45, 7) is 3.43. The lowest BCUT2D eigenvalue weighted by atomic mass is 10.2. The van der Waals surface area contributed by atoms with Crippen molar-refractivity contribution in [2.75, 3.05) is 26.2 Å². The predicted octanol–water partition coefficient (Wildman–Crippen LogP) is 2.18. The summed E-state index contributed by atoms with van der Waals surface area (Å²) in [7, 11) is 0. The van der Waals surface area contributed by atoms with Gasteiger partial charge < -0.3 is 14.9 Å². The Kier molecular flexibility index (Phi) is 6.82. The van der Waals surface area contributed by atoms with Crippen molar-refractivity contribution in [2.45, 2.75) is 25.8 Å². The van der Waals surface area contributed by atoms with Crippen molar-refractivity contribution in [3.8, 4) is 0 Å². The lowest BCUT2D eigenvalue weighted by molar-refractivity contribution is -0.130. The molecule has 6 heteroatoms. The number of carbonyl (C=O) groups is 2. The predicted molar refractivity (Wildman–Crippen MR) is 94.6 cm³/mol. The van der Waals surface area contributed by atoms with Crippen molar-refractivity contribution in [3.63, 3.8) is 0 Å². The number of aliphatic hydroxyl groups excluding tert-OH is 1. The lowest BCUT2D eigenvalue weighted by Crippen LogP contribution is -2.42. The second kappa shape index (κ2) is 8.85. The third-order valence-corrected chi connectivity index (χ3v) is 4.31. The van der Waals surface area contributed by atoms with Crippen molar-refractivity contribution in [3.05, 3.63) is 40.9 Å². The van der Waals surface area contributed by atoms with Gasteiger partial charge in [0.15, 0.2) is 0 Å². The molecule has 1 aromatic rings. The molecule has 1 fully saturated rings. The van der Waals surface area contributed by atoms with E-state index >= 15 is 0 Å². The Morgan fingerprint density at radius 1 is 1.46 bits per heavy atom. The van der Waals surface area contributed by atoms with Gasteiger partial charge in [-0.3, -0.25) is 9.59 Å². The van der Waals surface area contributed by atoms with Gasteiger partial charge in [0, 0.05) is 49.8 Å². The normalized spacial score (nSPS) is 19.0. The number of halogens is 1. The maximum Gasteiger partial charge on any atom is 0.246 e. The van der Waals surface area contributed by atoms with Crippen molar-refractivity contribution >= 4 is 29.5 Å². The molecule has 130 valence electrons. The minimum atomic E-state index is -0.112. The Labute approximate surface area is 147 Å². The van der Waals surface area contributed by atoms with Gasteiger partial charge in [-0.05, 0) is 37.1 Å². The SMILES string of the molecule is CC1CN(CCCO)C(=O)CCN1C(=O)C=Cc1cccc(Cl)c1. The van der Waals surface area contributed by atoms with Crippen LogP contribution in [0.15, 0.2) is 30.3 Å². The van der Waals surface area contributed by atoms with Crippen LogP contribution in [0.5, 0.6) is 0 Å². The van der Waals surface area contributed by atoms with E-state index < -0.39 is 0 Å². The van der Waals surface area contributed by atoms with Gasteiger partial charge in [0.1, 0.15) is 0 Å². The molecular formula is C18H23ClN2O3. The summed E-state index contributed by atoms with van der Waals surface area (Å²) in [5.41, 5.74) is 0.860. The molecule has 2 rings (SSSR count). The molecule has 1 aliphatic heterocycles. The Morgan fingerprint density at radius 2 is 2.25 bits per heavy atom. The zero-order valence-corrected chi connectivity index (χ0v) is 14.6. The van der Waals surface area contributed by atoms with Crippen molar-refractivity contribution in [2.24, 2.45) is 0 Å². The number of hydrogen-bond acceptors (Lipinski definition) is 3. The maximum absolute atomic E-state index is 12.5. The number of rotatable bonds is 5. The minimum Gasteiger partial charge on any atom is -0.396 e. The Balaban J connectivity index is 2.02. The van der Waals surface area contributed by atoms with Crippen LogP contribution in [-0.2, 0) is 9.59 Å². The quantitative estimate of drug-likeness (QED) is 0.828. The molecular weight excluding hydrogens is 328 g/mol. The van der Waals surface area contributed by atoms with Crippen LogP contribution in [0.25, 0.3) is 6.08 Å². The first-order chi connectivity index (χ1) is 11.5. The van der Waals surface area contributed by atoms with E-state index in [-0.39, 0.29) is 24.5 Å². The van der Waals surface area contributed by atoms with Gasteiger partial charge in [-0.1, -0.05) is 23.7 Å². The first-order valence-corrected chi connectivity index (χ1v) is 8.52. The molecule has 1 atom stereocenters. The summed E-state index contributed by atoms with van der Waals surface area (Å²) < 4.78 is 0. The third-order valence-electron chi connectivity index (χ3n) is 4.07. The highest BCUT2D eigenvalue weighted by Crippen LogP contribution is 2.14. The molecule has 2 amide bonds. The number of hydrogen-bond donors (Lipinski definition) is 1. The van der Waals surface area contributed by atoms with Crippen LogP contribution < -0.4 is 0 Å². The van der Waals surface area contributed by atoms with E-state index in [1.807, 2.05) is 19.1 Å². The van der Waals surface area contributed by atoms with Gasteiger partial charge in [0.05, 0.1) is 0 Å². The van der Waals surface area contributed by atoms with Gasteiger partial charge in [0.25, 0.3) is 0 Å². The Hall–Kier alpha value is -1.85. The zero-order valence-electron chi connectivity index (χ0n) is 13.8. The highest BCUT2D eigenvalue weighted by Gasteiger charge is 2.27. The van der Waals surface area contributed by atoms with Gasteiger partial charge >= 0.3 is 0 Å². The first kappa shape index (κ1) is 18.5. The molecule has 0 aliphatic carbocycles. The lowest BCUT2D eigenvalue weighted by Gasteiger charge is -2.28. The number of nitrogens with zero attached hydrogens (tertiary/aromatic N) is 2. The average molecular weight is 351 g/mol. The summed E-state index contributed by atoms with van der Waals surface area (Å²) in [6, 6.07) is 7.22. The molecule has 1 saturated heterocycles. The van der Waals surface area contributed by atoms with E-state index in [9.17, 15) is 9.59 Å². The fourth-order valence-electron chi connectivity index (χ4n) is 2.79. The van der Waals surface area contributed by atoms with Crippen LogP contribution >= 0.6 is 11.6 Å². The smallest absolute Gasteiger partial charge is 0.246 e. The van der Waals surface area contributed by atoms with Crippen LogP contribution in [0.3, 0.4) is 0 Å². The van der Waals surface area contributed by atoms with E-state index in [4.69, 9.17) is 16.7 Å². The maximum atomic E-state index is 12.5. The van der Waals surface area contributed by atoms with Crippen LogP contribution in [0.1, 0.15) is 25.3 Å². The van der Waals surface area contributed by atoms with Gasteiger partial charge in [-0.25, -0.2) is 0 Å². The number of aliphatic hydroxyl groups is 1. The van der Waals surface area contributed by atoms with E-state index in [0.717, 1.165) is 5.56 Å². The summed E-state index contributed by atoms with van der Waals surface area (Å²) in [5, 5.41) is 9.56. The van der Waals surface area contributed by atoms with Crippen LogP contribution in [-0.4, -0.2) is 59.0 Å². The first-order valence-electron chi connectivity index (χ1n) is 8.14. The molecule has 1 aliphatic rings. The van der Waals surface area contributed by atoms with E-state index in [0.29, 0.717) is 37.5 Å². The van der Waals surface area contributed by atoms with Crippen molar-refractivity contribution in [1.29, 1.82) is 0 Å². The van der Waals surface area contributed by atoms with Crippen LogP contribution in [0.4, 0.5) is 0 Å². The van der Waals surface area contributed by atoms with Gasteiger partial charge in [-0.2, -0.15) is 0 Å². The molecule has 0 radical (unpaired) electrons. The van der Waals surface area contributed by atoms with E-state index in [1.165, 1.54) is 6.08 Å². The monoisotopic (exact) mass is 350 g/mol. The van der Waals surface area contributed by atoms with Crippen molar-refractivity contribution < 1.29 is 14.7 Å². The molecule has 0 aromatic heterocycles. The number of carbonyl (C=O) groups excluding carboxylic acids is 2. The van der Waals surface area contributed by atoms with Crippen LogP contribution in [0.2, 0.25) is 5.02 Å². The fraction of sp³-hybridized carbons (Fsp3) is 0.444. The highest BCUT2D eigenvalue weighted by molar-refractivity contribution is 6.30. The summed E-state index contributed by atoms with van der Waals surface area (Å²) in [4.78, 5) is 28.1.